The Morgan fingerprint density at radius 1 is 1.22 bits per heavy atom. The molecule has 0 unspecified atom stereocenters. The summed E-state index contributed by atoms with van der Waals surface area (Å²) in [6.45, 7) is 4.69. The second-order valence-corrected chi connectivity index (χ2v) is 5.68. The number of aryl methyl sites for hydroxylation is 1. The lowest BCUT2D eigenvalue weighted by Crippen LogP contribution is -2.43. The number of carbonyl (C=O) groups excluding carboxylic acids is 1. The maximum absolute atomic E-state index is 12.4. The van der Waals surface area contributed by atoms with Crippen molar-refractivity contribution < 1.29 is 9.53 Å². The highest BCUT2D eigenvalue weighted by atomic mass is 35.5. The average molecular weight is 333 g/mol. The van der Waals surface area contributed by atoms with E-state index < -0.39 is 0 Å². The van der Waals surface area contributed by atoms with Crippen LogP contribution in [0.4, 0.5) is 5.69 Å². The third-order valence-electron chi connectivity index (χ3n) is 3.51. The van der Waals surface area contributed by atoms with Crippen molar-refractivity contribution in [3.63, 3.8) is 0 Å². The van der Waals surface area contributed by atoms with Crippen LogP contribution < -0.4 is 15.2 Å². The van der Waals surface area contributed by atoms with E-state index in [1.807, 2.05) is 43.1 Å². The molecule has 0 radical (unpaired) electrons. The quantitative estimate of drug-likeness (QED) is 0.819. The zero-order chi connectivity index (χ0) is 16.8. The SMILES string of the molecule is CCN(NC(=O)Cc1cc(Cl)ccc1OC)c1ccc(C)cc1. The van der Waals surface area contributed by atoms with Gasteiger partial charge in [0.2, 0.25) is 5.91 Å². The van der Waals surface area contributed by atoms with Gasteiger partial charge in [0.05, 0.1) is 19.2 Å². The second kappa shape index (κ2) is 7.88. The lowest BCUT2D eigenvalue weighted by Gasteiger charge is -2.24. The van der Waals surface area contributed by atoms with Gasteiger partial charge in [-0.15, -0.1) is 0 Å². The Balaban J connectivity index is 2.08. The molecule has 23 heavy (non-hydrogen) atoms. The lowest BCUT2D eigenvalue weighted by atomic mass is 10.1. The average Bonchev–Trinajstić information content (AvgIpc) is 2.54. The number of methoxy groups -OCH3 is 1. The number of benzene rings is 2. The highest BCUT2D eigenvalue weighted by molar-refractivity contribution is 6.30. The first-order valence-corrected chi connectivity index (χ1v) is 7.87. The number of rotatable bonds is 6. The number of nitrogens with one attached hydrogen (secondary N) is 1. The molecule has 2 aromatic carbocycles. The van der Waals surface area contributed by atoms with E-state index in [-0.39, 0.29) is 12.3 Å². The van der Waals surface area contributed by atoms with Crippen LogP contribution in [0.3, 0.4) is 0 Å². The van der Waals surface area contributed by atoms with Gasteiger partial charge in [-0.3, -0.25) is 15.2 Å². The van der Waals surface area contributed by atoms with Crippen LogP contribution in [0.2, 0.25) is 5.02 Å². The van der Waals surface area contributed by atoms with Crippen molar-refractivity contribution in [1.82, 2.24) is 5.43 Å². The fraction of sp³-hybridized carbons (Fsp3) is 0.278. The minimum Gasteiger partial charge on any atom is -0.496 e. The van der Waals surface area contributed by atoms with E-state index in [2.05, 4.69) is 5.43 Å². The summed E-state index contributed by atoms with van der Waals surface area (Å²) < 4.78 is 5.28. The smallest absolute Gasteiger partial charge is 0.243 e. The van der Waals surface area contributed by atoms with Gasteiger partial charge in [-0.2, -0.15) is 0 Å². The number of hydrogen-bond donors (Lipinski definition) is 1. The van der Waals surface area contributed by atoms with E-state index in [1.54, 1.807) is 25.3 Å². The summed E-state index contributed by atoms with van der Waals surface area (Å²) in [5.74, 6) is 0.538. The van der Waals surface area contributed by atoms with Gasteiger partial charge in [0.1, 0.15) is 5.75 Å². The molecule has 0 saturated heterocycles. The number of anilines is 1. The minimum absolute atomic E-state index is 0.118. The molecule has 0 spiro atoms. The van der Waals surface area contributed by atoms with Gasteiger partial charge in [0, 0.05) is 17.1 Å². The largest absolute Gasteiger partial charge is 0.496 e. The van der Waals surface area contributed by atoms with E-state index in [9.17, 15) is 4.79 Å². The number of ether oxygens (including phenoxy) is 1. The molecule has 4 nitrogen and oxygen atoms in total. The molecule has 1 N–H and O–H groups in total. The molecular formula is C18H21ClN2O2. The highest BCUT2D eigenvalue weighted by Crippen LogP contribution is 2.23. The van der Waals surface area contributed by atoms with Crippen LogP contribution in [0.5, 0.6) is 5.75 Å². The van der Waals surface area contributed by atoms with Crippen molar-refractivity contribution in [3.8, 4) is 5.75 Å². The van der Waals surface area contributed by atoms with Crippen molar-refractivity contribution >= 4 is 23.2 Å². The number of hydrogen-bond acceptors (Lipinski definition) is 3. The minimum atomic E-state index is -0.118. The van der Waals surface area contributed by atoms with Crippen LogP contribution >= 0.6 is 11.6 Å². The van der Waals surface area contributed by atoms with Crippen LogP contribution in [-0.2, 0) is 11.2 Å². The standard InChI is InChI=1S/C18H21ClN2O2/c1-4-21(16-8-5-13(2)6-9-16)20-18(22)12-14-11-15(19)7-10-17(14)23-3/h5-11H,4,12H2,1-3H3,(H,20,22). The number of carbonyl (C=O) groups is 1. The maximum Gasteiger partial charge on any atom is 0.243 e. The van der Waals surface area contributed by atoms with Crippen molar-refractivity contribution in [3.05, 3.63) is 58.6 Å². The van der Waals surface area contributed by atoms with E-state index in [1.165, 1.54) is 5.56 Å². The summed E-state index contributed by atoms with van der Waals surface area (Å²) in [5.41, 5.74) is 5.81. The summed E-state index contributed by atoms with van der Waals surface area (Å²) in [5, 5.41) is 2.40. The second-order valence-electron chi connectivity index (χ2n) is 5.25. The monoisotopic (exact) mass is 332 g/mol. The summed E-state index contributed by atoms with van der Waals surface area (Å²) in [6, 6.07) is 13.3. The number of halogens is 1. The summed E-state index contributed by atoms with van der Waals surface area (Å²) in [4.78, 5) is 12.4. The molecule has 122 valence electrons. The van der Waals surface area contributed by atoms with E-state index >= 15 is 0 Å². The molecule has 2 rings (SSSR count). The number of amides is 1. The molecule has 0 heterocycles. The molecule has 0 bridgehead atoms. The van der Waals surface area contributed by atoms with E-state index in [0.29, 0.717) is 17.3 Å². The lowest BCUT2D eigenvalue weighted by molar-refractivity contribution is -0.120. The van der Waals surface area contributed by atoms with Crippen molar-refractivity contribution in [2.24, 2.45) is 0 Å². The predicted molar refractivity (Wildman–Crippen MR) is 94.0 cm³/mol. The Morgan fingerprint density at radius 2 is 1.91 bits per heavy atom. The van der Waals surface area contributed by atoms with E-state index in [4.69, 9.17) is 16.3 Å². The van der Waals surface area contributed by atoms with Crippen molar-refractivity contribution in [1.29, 1.82) is 0 Å². The molecule has 0 atom stereocenters. The van der Waals surface area contributed by atoms with Crippen LogP contribution in [0.15, 0.2) is 42.5 Å². The van der Waals surface area contributed by atoms with Crippen molar-refractivity contribution in [2.75, 3.05) is 18.7 Å². The summed E-state index contributed by atoms with van der Waals surface area (Å²) in [6.07, 6.45) is 0.200. The van der Waals surface area contributed by atoms with Gasteiger partial charge in [0.15, 0.2) is 0 Å². The topological polar surface area (TPSA) is 41.6 Å². The Kier molecular flexibility index (Phi) is 5.88. The molecular weight excluding hydrogens is 312 g/mol. The molecule has 2 aromatic rings. The first-order chi connectivity index (χ1) is 11.0. The molecule has 1 amide bonds. The Morgan fingerprint density at radius 3 is 2.52 bits per heavy atom. The molecule has 0 fully saturated rings. The summed E-state index contributed by atoms with van der Waals surface area (Å²) >= 11 is 6.00. The fourth-order valence-corrected chi connectivity index (χ4v) is 2.49. The summed E-state index contributed by atoms with van der Waals surface area (Å²) in [7, 11) is 1.58. The Hall–Kier alpha value is -2.20. The van der Waals surface area contributed by atoms with Gasteiger partial charge in [-0.1, -0.05) is 29.3 Å². The first kappa shape index (κ1) is 17.2. The molecule has 0 aliphatic carbocycles. The number of hydrazine groups is 1. The van der Waals surface area contributed by atoms with Gasteiger partial charge < -0.3 is 4.74 Å². The van der Waals surface area contributed by atoms with Crippen LogP contribution in [0.1, 0.15) is 18.1 Å². The first-order valence-electron chi connectivity index (χ1n) is 7.49. The van der Waals surface area contributed by atoms with Crippen LogP contribution in [-0.4, -0.2) is 19.6 Å². The van der Waals surface area contributed by atoms with Crippen LogP contribution in [0.25, 0.3) is 0 Å². The zero-order valence-corrected chi connectivity index (χ0v) is 14.4. The molecule has 5 heteroatoms. The van der Waals surface area contributed by atoms with Crippen LogP contribution in [0, 0.1) is 6.92 Å². The predicted octanol–water partition coefficient (Wildman–Crippen LogP) is 3.76. The van der Waals surface area contributed by atoms with Gasteiger partial charge in [0.25, 0.3) is 0 Å². The van der Waals surface area contributed by atoms with Gasteiger partial charge >= 0.3 is 0 Å². The zero-order valence-electron chi connectivity index (χ0n) is 13.6. The maximum atomic E-state index is 12.4. The number of nitrogens with zero attached hydrogens (tertiary/aromatic N) is 1. The Bertz CT molecular complexity index is 671. The van der Waals surface area contributed by atoms with Crippen molar-refractivity contribution in [2.45, 2.75) is 20.3 Å². The molecule has 0 saturated carbocycles. The molecule has 0 aromatic heterocycles. The normalized spacial score (nSPS) is 10.3. The van der Waals surface area contributed by atoms with Gasteiger partial charge in [-0.25, -0.2) is 0 Å². The Labute approximate surface area is 142 Å². The van der Waals surface area contributed by atoms with Gasteiger partial charge in [-0.05, 0) is 44.2 Å². The molecule has 0 aliphatic heterocycles. The third-order valence-corrected chi connectivity index (χ3v) is 3.75. The highest BCUT2D eigenvalue weighted by Gasteiger charge is 2.12. The molecule has 0 aliphatic rings. The van der Waals surface area contributed by atoms with E-state index in [0.717, 1.165) is 11.3 Å². The third kappa shape index (κ3) is 4.63. The fourth-order valence-electron chi connectivity index (χ4n) is 2.30.